The van der Waals surface area contributed by atoms with Crippen LogP contribution in [0.25, 0.3) is 11.0 Å². The van der Waals surface area contributed by atoms with Gasteiger partial charge in [0.2, 0.25) is 5.91 Å². The van der Waals surface area contributed by atoms with E-state index in [9.17, 15) is 9.59 Å². The van der Waals surface area contributed by atoms with Gasteiger partial charge < -0.3 is 9.73 Å². The number of para-hydroxylation sites is 1. The lowest BCUT2D eigenvalue weighted by molar-refractivity contribution is -0.127. The number of fused-ring (bicyclic) bond motifs is 2. The van der Waals surface area contributed by atoms with Gasteiger partial charge in [-0.1, -0.05) is 37.3 Å². The molecule has 1 N–H and O–H groups in total. The minimum Gasteiger partial charge on any atom is -0.467 e. The van der Waals surface area contributed by atoms with Crippen molar-refractivity contribution in [2.24, 2.45) is 5.92 Å². The number of anilines is 1. The summed E-state index contributed by atoms with van der Waals surface area (Å²) in [5.74, 6) is 0.309. The monoisotopic (exact) mass is 485 g/mol. The third kappa shape index (κ3) is 4.89. The molecule has 0 fully saturated rings. The molecular formula is C28H31N5O3. The van der Waals surface area contributed by atoms with Crippen LogP contribution in [0.2, 0.25) is 0 Å². The third-order valence-electron chi connectivity index (χ3n) is 6.67. The number of nitrogens with one attached hydrogen (secondary N) is 1. The van der Waals surface area contributed by atoms with E-state index in [1.54, 1.807) is 21.7 Å². The van der Waals surface area contributed by atoms with Crippen LogP contribution in [0.3, 0.4) is 0 Å². The summed E-state index contributed by atoms with van der Waals surface area (Å²) in [6, 6.07) is 16.1. The third-order valence-corrected chi connectivity index (χ3v) is 6.67. The molecule has 0 unspecified atom stereocenters. The maximum absolute atomic E-state index is 14.0. The van der Waals surface area contributed by atoms with E-state index in [0.717, 1.165) is 31.2 Å². The van der Waals surface area contributed by atoms with Gasteiger partial charge in [-0.2, -0.15) is 0 Å². The van der Waals surface area contributed by atoms with Gasteiger partial charge in [0.05, 0.1) is 11.8 Å². The minimum absolute atomic E-state index is 0.0614. The van der Waals surface area contributed by atoms with Crippen molar-refractivity contribution in [3.63, 3.8) is 0 Å². The number of aryl methyl sites for hydroxylation is 2. The SMILES string of the molecule is CC(C)CCNC(=O)[C@H](c1ccco1)N(C(=O)Cn1nnc2ccccc21)c1ccc2c(c1)CCC2. The van der Waals surface area contributed by atoms with Crippen LogP contribution in [0.4, 0.5) is 5.69 Å². The average molecular weight is 486 g/mol. The van der Waals surface area contributed by atoms with Crippen LogP contribution < -0.4 is 10.2 Å². The summed E-state index contributed by atoms with van der Waals surface area (Å²) in [6.07, 6.45) is 5.46. The molecule has 2 aromatic carbocycles. The van der Waals surface area contributed by atoms with E-state index in [0.29, 0.717) is 29.4 Å². The van der Waals surface area contributed by atoms with Gasteiger partial charge in [-0.3, -0.25) is 14.5 Å². The van der Waals surface area contributed by atoms with E-state index in [4.69, 9.17) is 4.42 Å². The van der Waals surface area contributed by atoms with Crippen molar-refractivity contribution in [1.82, 2.24) is 20.3 Å². The Morgan fingerprint density at radius 3 is 2.72 bits per heavy atom. The number of aromatic nitrogens is 3. The molecule has 0 saturated heterocycles. The quantitative estimate of drug-likeness (QED) is 0.378. The minimum atomic E-state index is -0.950. The van der Waals surface area contributed by atoms with Gasteiger partial charge in [0.15, 0.2) is 6.04 Å². The van der Waals surface area contributed by atoms with Gasteiger partial charge in [-0.05, 0) is 79.1 Å². The van der Waals surface area contributed by atoms with Gasteiger partial charge >= 0.3 is 0 Å². The van der Waals surface area contributed by atoms with Crippen LogP contribution in [0.15, 0.2) is 65.3 Å². The van der Waals surface area contributed by atoms with Gasteiger partial charge in [0.1, 0.15) is 17.8 Å². The van der Waals surface area contributed by atoms with Gasteiger partial charge in [-0.15, -0.1) is 5.10 Å². The molecule has 5 rings (SSSR count). The molecule has 2 heterocycles. The van der Waals surface area contributed by atoms with E-state index in [2.05, 4.69) is 35.5 Å². The Hall–Kier alpha value is -3.94. The Kier molecular flexibility index (Phi) is 6.84. The van der Waals surface area contributed by atoms with E-state index < -0.39 is 6.04 Å². The number of nitrogens with zero attached hydrogens (tertiary/aromatic N) is 4. The van der Waals surface area contributed by atoms with Gasteiger partial charge in [-0.25, -0.2) is 4.68 Å². The number of carbonyl (C=O) groups excluding carboxylic acids is 2. The molecule has 186 valence electrons. The summed E-state index contributed by atoms with van der Waals surface area (Å²) < 4.78 is 7.28. The predicted octanol–water partition coefficient (Wildman–Crippen LogP) is 4.45. The van der Waals surface area contributed by atoms with E-state index in [1.165, 1.54) is 17.4 Å². The number of furan rings is 1. The maximum atomic E-state index is 14.0. The van der Waals surface area contributed by atoms with Crippen molar-refractivity contribution in [1.29, 1.82) is 0 Å². The smallest absolute Gasteiger partial charge is 0.251 e. The number of hydrogen-bond acceptors (Lipinski definition) is 5. The number of hydrogen-bond donors (Lipinski definition) is 1. The molecule has 1 aliphatic carbocycles. The molecule has 8 heteroatoms. The molecule has 2 aromatic heterocycles. The van der Waals surface area contributed by atoms with Crippen LogP contribution in [-0.4, -0.2) is 33.4 Å². The molecule has 0 bridgehead atoms. The van der Waals surface area contributed by atoms with E-state index in [-0.39, 0.29) is 18.4 Å². The van der Waals surface area contributed by atoms with Crippen molar-refractivity contribution >= 4 is 28.5 Å². The first-order chi connectivity index (χ1) is 17.5. The fraction of sp³-hybridized carbons (Fsp3) is 0.357. The zero-order chi connectivity index (χ0) is 25.1. The first kappa shape index (κ1) is 23.8. The van der Waals surface area contributed by atoms with Crippen molar-refractivity contribution < 1.29 is 14.0 Å². The Balaban J connectivity index is 1.53. The Morgan fingerprint density at radius 2 is 1.92 bits per heavy atom. The Morgan fingerprint density at radius 1 is 1.08 bits per heavy atom. The molecular weight excluding hydrogens is 454 g/mol. The highest BCUT2D eigenvalue weighted by molar-refractivity contribution is 6.01. The highest BCUT2D eigenvalue weighted by Gasteiger charge is 2.35. The van der Waals surface area contributed by atoms with Crippen LogP contribution in [0.5, 0.6) is 0 Å². The second-order valence-corrected chi connectivity index (χ2v) is 9.70. The van der Waals surface area contributed by atoms with Gasteiger partial charge in [0, 0.05) is 12.2 Å². The molecule has 0 radical (unpaired) electrons. The number of rotatable bonds is 9. The summed E-state index contributed by atoms with van der Waals surface area (Å²) in [4.78, 5) is 29.1. The van der Waals surface area contributed by atoms with Crippen LogP contribution >= 0.6 is 0 Å². The Labute approximate surface area is 210 Å². The van der Waals surface area contributed by atoms with Crippen LogP contribution in [-0.2, 0) is 29.0 Å². The first-order valence-corrected chi connectivity index (χ1v) is 12.5. The summed E-state index contributed by atoms with van der Waals surface area (Å²) in [7, 11) is 0. The average Bonchev–Trinajstić information content (AvgIpc) is 3.63. The summed E-state index contributed by atoms with van der Waals surface area (Å²) in [6.45, 7) is 4.68. The largest absolute Gasteiger partial charge is 0.467 e. The highest BCUT2D eigenvalue weighted by Crippen LogP contribution is 2.33. The summed E-state index contributed by atoms with van der Waals surface area (Å²) >= 11 is 0. The molecule has 0 saturated carbocycles. The molecule has 1 atom stereocenters. The zero-order valence-electron chi connectivity index (χ0n) is 20.7. The fourth-order valence-corrected chi connectivity index (χ4v) is 4.78. The fourth-order valence-electron chi connectivity index (χ4n) is 4.78. The zero-order valence-corrected chi connectivity index (χ0v) is 20.7. The lowest BCUT2D eigenvalue weighted by atomic mass is 10.1. The maximum Gasteiger partial charge on any atom is 0.251 e. The van der Waals surface area contributed by atoms with Gasteiger partial charge in [0.25, 0.3) is 5.91 Å². The second kappa shape index (κ2) is 10.4. The van der Waals surface area contributed by atoms with Crippen molar-refractivity contribution in [3.05, 3.63) is 77.7 Å². The molecule has 0 aliphatic heterocycles. The first-order valence-electron chi connectivity index (χ1n) is 12.5. The van der Waals surface area contributed by atoms with Crippen molar-refractivity contribution in [2.45, 2.75) is 52.1 Å². The Bertz CT molecular complexity index is 1360. The lowest BCUT2D eigenvalue weighted by Crippen LogP contribution is -2.45. The molecule has 0 spiro atoms. The van der Waals surface area contributed by atoms with Crippen LogP contribution in [0.1, 0.15) is 49.6 Å². The molecule has 36 heavy (non-hydrogen) atoms. The number of amides is 2. The number of carbonyl (C=O) groups is 2. The molecule has 4 aromatic rings. The molecule has 8 nitrogen and oxygen atoms in total. The van der Waals surface area contributed by atoms with E-state index in [1.807, 2.05) is 36.4 Å². The second-order valence-electron chi connectivity index (χ2n) is 9.70. The van der Waals surface area contributed by atoms with Crippen LogP contribution in [0, 0.1) is 5.92 Å². The molecule has 1 aliphatic rings. The predicted molar refractivity (Wildman–Crippen MR) is 137 cm³/mol. The summed E-state index contributed by atoms with van der Waals surface area (Å²) in [5.41, 5.74) is 4.66. The normalized spacial score (nSPS) is 13.6. The lowest BCUT2D eigenvalue weighted by Gasteiger charge is -2.30. The van der Waals surface area contributed by atoms with Crippen molar-refractivity contribution in [2.75, 3.05) is 11.4 Å². The standard InChI is InChI=1S/C28H31N5O3/c1-19(2)14-15-29-28(35)27(25-11-6-16-36-25)33(22-13-12-20-7-5-8-21(20)17-22)26(34)18-32-24-10-4-3-9-23(24)30-31-32/h3-4,6,9-13,16-17,19,27H,5,7-8,14-15,18H2,1-2H3,(H,29,35)/t27-/m0/s1. The van der Waals surface area contributed by atoms with E-state index >= 15 is 0 Å². The molecule has 2 amide bonds. The highest BCUT2D eigenvalue weighted by atomic mass is 16.3. The number of benzene rings is 2. The topological polar surface area (TPSA) is 93.3 Å². The summed E-state index contributed by atoms with van der Waals surface area (Å²) in [5, 5.41) is 11.4. The van der Waals surface area contributed by atoms with Crippen molar-refractivity contribution in [3.8, 4) is 0 Å².